The summed E-state index contributed by atoms with van der Waals surface area (Å²) in [6.07, 6.45) is 0.932. The van der Waals surface area contributed by atoms with Crippen LogP contribution in [0, 0.1) is 10.1 Å². The number of hydrogen-bond donors (Lipinski definition) is 0. The molecule has 0 fully saturated rings. The lowest BCUT2D eigenvalue weighted by Crippen LogP contribution is -2.20. The van der Waals surface area contributed by atoms with E-state index in [1.807, 2.05) is 30.3 Å². The van der Waals surface area contributed by atoms with Crippen molar-refractivity contribution in [3.05, 3.63) is 68.5 Å². The summed E-state index contributed by atoms with van der Waals surface area (Å²) in [7, 11) is -1.98. The van der Waals surface area contributed by atoms with Crippen molar-refractivity contribution in [2.24, 2.45) is 0 Å². The number of rotatable bonds is 5. The summed E-state index contributed by atoms with van der Waals surface area (Å²) < 4.78 is 23.7. The van der Waals surface area contributed by atoms with Crippen molar-refractivity contribution < 1.29 is 13.3 Å². The molecule has 0 aliphatic rings. The molecular weight excluding hydrogens is 390 g/mol. The van der Waals surface area contributed by atoms with Gasteiger partial charge in [0.25, 0.3) is 11.2 Å². The molecule has 2 aromatic carbocycles. The smallest absolute Gasteiger partial charge is 0.288 e. The molecule has 0 spiro atoms. The van der Waals surface area contributed by atoms with Gasteiger partial charge < -0.3 is 4.90 Å². The molecule has 140 valence electrons. The lowest BCUT2D eigenvalue weighted by Gasteiger charge is -2.17. The SMILES string of the molecule is CN(Cc1ccccc1)c1nc(=O)c2cc(S(C)(=O)=O)cc([N+](=O)[O-])c2s1. The summed E-state index contributed by atoms with van der Waals surface area (Å²) in [4.78, 5) is 28.7. The number of sulfone groups is 1. The molecule has 0 bridgehead atoms. The molecular formula is C17H15N3O5S2. The van der Waals surface area contributed by atoms with Crippen LogP contribution in [0.25, 0.3) is 10.1 Å². The maximum absolute atomic E-state index is 12.5. The summed E-state index contributed by atoms with van der Waals surface area (Å²) >= 11 is 0.981. The highest BCUT2D eigenvalue weighted by atomic mass is 32.2. The van der Waals surface area contributed by atoms with Crippen molar-refractivity contribution in [2.75, 3.05) is 18.2 Å². The average molecular weight is 405 g/mol. The number of nitrogens with zero attached hydrogens (tertiary/aromatic N) is 3. The Kier molecular flexibility index (Phi) is 4.94. The van der Waals surface area contributed by atoms with Crippen molar-refractivity contribution in [3.63, 3.8) is 0 Å². The third-order valence-electron chi connectivity index (χ3n) is 3.88. The van der Waals surface area contributed by atoms with E-state index in [2.05, 4.69) is 4.98 Å². The Balaban J connectivity index is 2.17. The Labute approximate surface area is 158 Å². The largest absolute Gasteiger partial charge is 0.347 e. The summed E-state index contributed by atoms with van der Waals surface area (Å²) in [5.74, 6) is 0. The second-order valence-corrected chi connectivity index (χ2v) is 8.98. The number of nitro groups is 1. The highest BCUT2D eigenvalue weighted by molar-refractivity contribution is 7.90. The van der Waals surface area contributed by atoms with Crippen LogP contribution in [0.15, 0.2) is 52.2 Å². The summed E-state index contributed by atoms with van der Waals surface area (Å²) in [6, 6.07) is 11.6. The van der Waals surface area contributed by atoms with E-state index in [0.29, 0.717) is 11.7 Å². The van der Waals surface area contributed by atoms with Gasteiger partial charge in [-0.1, -0.05) is 41.7 Å². The number of benzene rings is 2. The molecule has 8 nitrogen and oxygen atoms in total. The number of aromatic nitrogens is 1. The molecule has 0 radical (unpaired) electrons. The zero-order valence-corrected chi connectivity index (χ0v) is 16.1. The van der Waals surface area contributed by atoms with Crippen molar-refractivity contribution in [3.8, 4) is 0 Å². The maximum Gasteiger partial charge on any atom is 0.288 e. The molecule has 0 aliphatic heterocycles. The predicted molar refractivity (Wildman–Crippen MR) is 104 cm³/mol. The number of fused-ring (bicyclic) bond motifs is 1. The standard InChI is InChI=1S/C17H15N3O5S2/c1-19(10-11-6-4-3-5-7-11)17-18-16(21)13-8-12(27(2,24)25)9-14(20(22)23)15(13)26-17/h3-9H,10H2,1-2H3. The average Bonchev–Trinajstić information content (AvgIpc) is 2.60. The summed E-state index contributed by atoms with van der Waals surface area (Å²) in [5.41, 5.74) is -0.137. The van der Waals surface area contributed by atoms with Crippen molar-refractivity contribution in [2.45, 2.75) is 11.4 Å². The fourth-order valence-corrected chi connectivity index (χ4v) is 4.24. The predicted octanol–water partition coefficient (Wildman–Crippen LogP) is 2.60. The van der Waals surface area contributed by atoms with Crippen molar-refractivity contribution in [1.82, 2.24) is 4.98 Å². The van der Waals surface area contributed by atoms with Gasteiger partial charge in [-0.15, -0.1) is 0 Å². The molecule has 0 saturated carbocycles. The lowest BCUT2D eigenvalue weighted by molar-refractivity contribution is -0.383. The molecule has 0 unspecified atom stereocenters. The van der Waals surface area contributed by atoms with E-state index >= 15 is 0 Å². The van der Waals surface area contributed by atoms with Crippen molar-refractivity contribution >= 4 is 42.1 Å². The molecule has 0 N–H and O–H groups in total. The highest BCUT2D eigenvalue weighted by Crippen LogP contribution is 2.34. The van der Waals surface area contributed by atoms with Crippen LogP contribution in [-0.4, -0.2) is 31.6 Å². The second kappa shape index (κ2) is 7.05. The van der Waals surface area contributed by atoms with Crippen LogP contribution in [0.2, 0.25) is 0 Å². The van der Waals surface area contributed by atoms with Gasteiger partial charge in [0.1, 0.15) is 4.70 Å². The van der Waals surface area contributed by atoms with E-state index in [4.69, 9.17) is 0 Å². The topological polar surface area (TPSA) is 110 Å². The van der Waals surface area contributed by atoms with Gasteiger partial charge in [-0.25, -0.2) is 8.42 Å². The first-order valence-corrected chi connectivity index (χ1v) is 10.5. The minimum atomic E-state index is -3.71. The van der Waals surface area contributed by atoms with Gasteiger partial charge >= 0.3 is 0 Å². The van der Waals surface area contributed by atoms with Gasteiger partial charge in [0.15, 0.2) is 15.0 Å². The summed E-state index contributed by atoms with van der Waals surface area (Å²) in [5, 5.41) is 11.7. The van der Waals surface area contributed by atoms with Crippen LogP contribution in [0.5, 0.6) is 0 Å². The Morgan fingerprint density at radius 3 is 2.48 bits per heavy atom. The van der Waals surface area contributed by atoms with E-state index in [9.17, 15) is 23.3 Å². The number of nitro benzene ring substituents is 1. The molecule has 1 heterocycles. The van der Waals surface area contributed by atoms with Gasteiger partial charge in [-0.05, 0) is 11.6 Å². The third kappa shape index (κ3) is 3.96. The van der Waals surface area contributed by atoms with Crippen LogP contribution in [0.1, 0.15) is 5.56 Å². The van der Waals surface area contributed by atoms with Gasteiger partial charge in [0.05, 0.1) is 15.2 Å². The van der Waals surface area contributed by atoms with E-state index in [1.54, 1.807) is 11.9 Å². The first-order chi connectivity index (χ1) is 12.7. The quantitative estimate of drug-likeness (QED) is 0.474. The molecule has 27 heavy (non-hydrogen) atoms. The van der Waals surface area contributed by atoms with E-state index in [1.165, 1.54) is 0 Å². The van der Waals surface area contributed by atoms with Crippen LogP contribution in [0.4, 0.5) is 10.8 Å². The number of hydrogen-bond acceptors (Lipinski definition) is 8. The van der Waals surface area contributed by atoms with Gasteiger partial charge in [0, 0.05) is 25.9 Å². The monoisotopic (exact) mass is 405 g/mol. The number of non-ortho nitro benzene ring substituents is 1. The van der Waals surface area contributed by atoms with E-state index < -0.39 is 26.0 Å². The van der Waals surface area contributed by atoms with Crippen LogP contribution < -0.4 is 10.5 Å². The molecule has 3 aromatic rings. The van der Waals surface area contributed by atoms with Crippen LogP contribution >= 0.6 is 11.3 Å². The lowest BCUT2D eigenvalue weighted by atomic mass is 10.2. The zero-order chi connectivity index (χ0) is 19.8. The minimum absolute atomic E-state index is 0.0773. The molecule has 3 rings (SSSR count). The number of anilines is 1. The molecule has 10 heteroatoms. The third-order valence-corrected chi connectivity index (χ3v) is 6.19. The zero-order valence-electron chi connectivity index (χ0n) is 14.4. The van der Waals surface area contributed by atoms with Gasteiger partial charge in [-0.3, -0.25) is 14.9 Å². The Morgan fingerprint density at radius 2 is 1.89 bits per heavy atom. The molecule has 0 atom stereocenters. The molecule has 0 saturated heterocycles. The van der Waals surface area contributed by atoms with Crippen LogP contribution in [-0.2, 0) is 16.4 Å². The molecule has 1 aromatic heterocycles. The van der Waals surface area contributed by atoms with E-state index in [0.717, 1.165) is 35.3 Å². The first kappa shape index (κ1) is 18.9. The fraction of sp³-hybridized carbons (Fsp3) is 0.176. The molecule has 0 amide bonds. The molecule has 0 aliphatic carbocycles. The maximum atomic E-state index is 12.5. The second-order valence-electron chi connectivity index (χ2n) is 5.99. The first-order valence-electron chi connectivity index (χ1n) is 7.75. The van der Waals surface area contributed by atoms with Crippen LogP contribution in [0.3, 0.4) is 0 Å². The fourth-order valence-electron chi connectivity index (χ4n) is 2.55. The van der Waals surface area contributed by atoms with E-state index in [-0.39, 0.29) is 15.0 Å². The summed E-state index contributed by atoms with van der Waals surface area (Å²) in [6.45, 7) is 0.463. The minimum Gasteiger partial charge on any atom is -0.347 e. The Bertz CT molecular complexity index is 1190. The highest BCUT2D eigenvalue weighted by Gasteiger charge is 2.22. The Hall–Kier alpha value is -2.85. The van der Waals surface area contributed by atoms with Gasteiger partial charge in [-0.2, -0.15) is 4.98 Å². The Morgan fingerprint density at radius 1 is 1.22 bits per heavy atom. The van der Waals surface area contributed by atoms with Crippen molar-refractivity contribution in [1.29, 1.82) is 0 Å². The normalized spacial score (nSPS) is 11.5. The van der Waals surface area contributed by atoms with Gasteiger partial charge in [0.2, 0.25) is 0 Å².